The van der Waals surface area contributed by atoms with Crippen molar-refractivity contribution in [1.29, 1.82) is 0 Å². The molecule has 0 aliphatic carbocycles. The summed E-state index contributed by atoms with van der Waals surface area (Å²) in [5.41, 5.74) is 0.461. The highest BCUT2D eigenvalue weighted by molar-refractivity contribution is 6.30. The van der Waals surface area contributed by atoms with Gasteiger partial charge in [0.25, 0.3) is 0 Å². The summed E-state index contributed by atoms with van der Waals surface area (Å²) in [6, 6.07) is 4.87. The van der Waals surface area contributed by atoms with E-state index >= 15 is 0 Å². The molecular formula is C8H5ClN2O. The molecule has 0 saturated carbocycles. The molecule has 0 amide bonds. The Bertz CT molecular complexity index is 430. The normalized spacial score (nSPS) is 10.4. The highest BCUT2D eigenvalue weighted by Gasteiger charge is 2.02. The van der Waals surface area contributed by atoms with E-state index in [-0.39, 0.29) is 10.9 Å². The van der Waals surface area contributed by atoms with E-state index in [1.54, 1.807) is 18.3 Å². The van der Waals surface area contributed by atoms with Crippen molar-refractivity contribution < 1.29 is 5.11 Å². The first-order chi connectivity index (χ1) is 5.77. The molecule has 0 fully saturated rings. The van der Waals surface area contributed by atoms with Gasteiger partial charge in [0.05, 0.1) is 5.39 Å². The van der Waals surface area contributed by atoms with Crippen molar-refractivity contribution in [2.24, 2.45) is 0 Å². The summed E-state index contributed by atoms with van der Waals surface area (Å²) < 4.78 is 0. The minimum atomic E-state index is 0.109. The zero-order valence-electron chi connectivity index (χ0n) is 6.03. The van der Waals surface area contributed by atoms with Crippen LogP contribution < -0.4 is 0 Å². The fraction of sp³-hybridized carbons (Fsp3) is 0. The van der Waals surface area contributed by atoms with Crippen molar-refractivity contribution in [2.45, 2.75) is 0 Å². The average molecular weight is 181 g/mol. The monoisotopic (exact) mass is 180 g/mol. The Morgan fingerprint density at radius 2 is 2.25 bits per heavy atom. The molecule has 0 aliphatic rings. The lowest BCUT2D eigenvalue weighted by Gasteiger charge is -1.98. The molecule has 1 N–H and O–H groups in total. The van der Waals surface area contributed by atoms with Crippen LogP contribution in [0.15, 0.2) is 24.4 Å². The fourth-order valence-corrected chi connectivity index (χ4v) is 1.19. The first-order valence-electron chi connectivity index (χ1n) is 3.37. The largest absolute Gasteiger partial charge is 0.507 e. The van der Waals surface area contributed by atoms with Gasteiger partial charge in [0.1, 0.15) is 10.9 Å². The molecule has 0 aliphatic heterocycles. The van der Waals surface area contributed by atoms with E-state index in [1.165, 1.54) is 6.07 Å². The van der Waals surface area contributed by atoms with Crippen LogP contribution in [0.1, 0.15) is 0 Å². The van der Waals surface area contributed by atoms with E-state index in [0.717, 1.165) is 0 Å². The first kappa shape index (κ1) is 7.31. The molecule has 3 nitrogen and oxygen atoms in total. The number of hydrogen-bond donors (Lipinski definition) is 1. The zero-order valence-corrected chi connectivity index (χ0v) is 6.78. The number of halogens is 1. The molecule has 60 valence electrons. The van der Waals surface area contributed by atoms with Gasteiger partial charge in [0.2, 0.25) is 0 Å². The standard InChI is InChI=1S/C8H5ClN2O/c9-7-4-6(12)5-2-1-3-10-8(5)11-7/h1-4H,(H,10,11,12). The first-order valence-corrected chi connectivity index (χ1v) is 3.75. The minimum Gasteiger partial charge on any atom is -0.507 e. The predicted molar refractivity (Wildman–Crippen MR) is 46.2 cm³/mol. The molecule has 0 unspecified atom stereocenters. The Labute approximate surface area is 73.6 Å². The quantitative estimate of drug-likeness (QED) is 0.631. The zero-order chi connectivity index (χ0) is 8.55. The Kier molecular flexibility index (Phi) is 1.59. The second-order valence-electron chi connectivity index (χ2n) is 2.34. The highest BCUT2D eigenvalue weighted by atomic mass is 35.5. The molecule has 0 aromatic carbocycles. The van der Waals surface area contributed by atoms with Gasteiger partial charge in [-0.15, -0.1) is 0 Å². The third-order valence-electron chi connectivity index (χ3n) is 1.53. The van der Waals surface area contributed by atoms with Gasteiger partial charge in [-0.05, 0) is 12.1 Å². The van der Waals surface area contributed by atoms with Crippen molar-refractivity contribution >= 4 is 22.6 Å². The Morgan fingerprint density at radius 1 is 1.42 bits per heavy atom. The Hall–Kier alpha value is -1.35. The van der Waals surface area contributed by atoms with Crippen molar-refractivity contribution in [2.75, 3.05) is 0 Å². The Morgan fingerprint density at radius 3 is 3.08 bits per heavy atom. The number of aromatic nitrogens is 2. The molecule has 2 aromatic heterocycles. The summed E-state index contributed by atoms with van der Waals surface area (Å²) in [6.07, 6.45) is 1.60. The molecule has 0 radical (unpaired) electrons. The third kappa shape index (κ3) is 1.08. The van der Waals surface area contributed by atoms with E-state index in [2.05, 4.69) is 9.97 Å². The molecule has 2 heterocycles. The fourth-order valence-electron chi connectivity index (χ4n) is 1.01. The van der Waals surface area contributed by atoms with Crippen molar-refractivity contribution in [3.8, 4) is 5.75 Å². The average Bonchev–Trinajstić information content (AvgIpc) is 2.04. The van der Waals surface area contributed by atoms with Crippen LogP contribution in [-0.2, 0) is 0 Å². The van der Waals surface area contributed by atoms with Gasteiger partial charge in [-0.1, -0.05) is 11.6 Å². The lowest BCUT2D eigenvalue weighted by atomic mass is 10.3. The van der Waals surface area contributed by atoms with E-state index in [0.29, 0.717) is 11.0 Å². The second kappa shape index (κ2) is 2.60. The van der Waals surface area contributed by atoms with Gasteiger partial charge >= 0.3 is 0 Å². The van der Waals surface area contributed by atoms with Gasteiger partial charge in [-0.25, -0.2) is 9.97 Å². The summed E-state index contributed by atoms with van der Waals surface area (Å²) in [6.45, 7) is 0. The van der Waals surface area contributed by atoms with Gasteiger partial charge in [-0.3, -0.25) is 0 Å². The maximum atomic E-state index is 9.39. The van der Waals surface area contributed by atoms with E-state index < -0.39 is 0 Å². The maximum Gasteiger partial charge on any atom is 0.164 e. The van der Waals surface area contributed by atoms with Crippen molar-refractivity contribution in [1.82, 2.24) is 9.97 Å². The Balaban J connectivity index is 2.89. The topological polar surface area (TPSA) is 46.0 Å². The van der Waals surface area contributed by atoms with Crippen LogP contribution in [-0.4, -0.2) is 15.1 Å². The second-order valence-corrected chi connectivity index (χ2v) is 2.73. The molecule has 0 bridgehead atoms. The lowest BCUT2D eigenvalue weighted by molar-refractivity contribution is 0.481. The summed E-state index contributed by atoms with van der Waals surface area (Å²) >= 11 is 5.61. The van der Waals surface area contributed by atoms with Crippen molar-refractivity contribution in [3.63, 3.8) is 0 Å². The molecule has 0 spiro atoms. The van der Waals surface area contributed by atoms with Crippen LogP contribution in [0.2, 0.25) is 5.15 Å². The van der Waals surface area contributed by atoms with Crippen LogP contribution in [0, 0.1) is 0 Å². The van der Waals surface area contributed by atoms with Gasteiger partial charge < -0.3 is 5.11 Å². The number of hydrogen-bond acceptors (Lipinski definition) is 3. The van der Waals surface area contributed by atoms with Crippen molar-refractivity contribution in [3.05, 3.63) is 29.5 Å². The van der Waals surface area contributed by atoms with Gasteiger partial charge in [-0.2, -0.15) is 0 Å². The lowest BCUT2D eigenvalue weighted by Crippen LogP contribution is -1.83. The summed E-state index contributed by atoms with van der Waals surface area (Å²) in [7, 11) is 0. The van der Waals surface area contributed by atoms with E-state index in [9.17, 15) is 5.11 Å². The van der Waals surface area contributed by atoms with Crippen LogP contribution in [0.25, 0.3) is 11.0 Å². The minimum absolute atomic E-state index is 0.109. The van der Waals surface area contributed by atoms with Gasteiger partial charge in [0, 0.05) is 12.3 Å². The van der Waals surface area contributed by atoms with Crippen LogP contribution in [0.4, 0.5) is 0 Å². The third-order valence-corrected chi connectivity index (χ3v) is 1.72. The molecule has 0 saturated heterocycles. The van der Waals surface area contributed by atoms with E-state index in [4.69, 9.17) is 11.6 Å². The molecule has 12 heavy (non-hydrogen) atoms. The van der Waals surface area contributed by atoms with Crippen LogP contribution in [0.5, 0.6) is 5.75 Å². The summed E-state index contributed by atoms with van der Waals surface area (Å²) in [5.74, 6) is 0.109. The number of aromatic hydroxyl groups is 1. The number of fused-ring (bicyclic) bond motifs is 1. The molecule has 0 atom stereocenters. The highest BCUT2D eigenvalue weighted by Crippen LogP contribution is 2.23. The smallest absolute Gasteiger partial charge is 0.164 e. The maximum absolute atomic E-state index is 9.39. The van der Waals surface area contributed by atoms with Crippen LogP contribution in [0.3, 0.4) is 0 Å². The molecule has 2 aromatic rings. The van der Waals surface area contributed by atoms with E-state index in [1.807, 2.05) is 0 Å². The summed E-state index contributed by atoms with van der Waals surface area (Å²) in [4.78, 5) is 7.88. The number of nitrogens with zero attached hydrogens (tertiary/aromatic N) is 2. The molecule has 4 heteroatoms. The van der Waals surface area contributed by atoms with Gasteiger partial charge in [0.15, 0.2) is 5.65 Å². The SMILES string of the molecule is Oc1cc(Cl)nc2ncccc12. The molecular weight excluding hydrogens is 176 g/mol. The predicted octanol–water partition coefficient (Wildman–Crippen LogP) is 1.99. The molecule has 2 rings (SSSR count). The number of pyridine rings is 2. The summed E-state index contributed by atoms with van der Waals surface area (Å²) in [5, 5.41) is 10.2. The number of rotatable bonds is 0. The van der Waals surface area contributed by atoms with Crippen LogP contribution >= 0.6 is 11.6 Å².